The van der Waals surface area contributed by atoms with Gasteiger partial charge in [-0.05, 0) is 36.4 Å². The van der Waals surface area contributed by atoms with Crippen LogP contribution >= 0.6 is 0 Å². The Morgan fingerprint density at radius 3 is 2.68 bits per heavy atom. The third-order valence-electron chi connectivity index (χ3n) is 7.23. The van der Waals surface area contributed by atoms with Crippen molar-refractivity contribution in [3.8, 4) is 6.07 Å². The lowest BCUT2D eigenvalue weighted by molar-refractivity contribution is -0.128. The highest BCUT2D eigenvalue weighted by atomic mass is 16.4. The van der Waals surface area contributed by atoms with Crippen molar-refractivity contribution >= 4 is 34.2 Å². The second kappa shape index (κ2) is 9.90. The van der Waals surface area contributed by atoms with Crippen LogP contribution in [0.1, 0.15) is 33.9 Å². The molecule has 0 unspecified atom stereocenters. The summed E-state index contributed by atoms with van der Waals surface area (Å²) in [5, 5.41) is 21.5. The summed E-state index contributed by atoms with van der Waals surface area (Å²) < 4.78 is 0. The van der Waals surface area contributed by atoms with Crippen LogP contribution in [0.3, 0.4) is 0 Å². The van der Waals surface area contributed by atoms with E-state index in [0.29, 0.717) is 44.1 Å². The van der Waals surface area contributed by atoms with Crippen molar-refractivity contribution in [2.24, 2.45) is 0 Å². The van der Waals surface area contributed by atoms with E-state index < -0.39 is 5.97 Å². The molecule has 1 N–H and O–H groups in total. The molecule has 0 radical (unpaired) electrons. The minimum atomic E-state index is -1.18. The van der Waals surface area contributed by atoms with Gasteiger partial charge in [0.05, 0.1) is 30.8 Å². The fourth-order valence-corrected chi connectivity index (χ4v) is 5.48. The molecular formula is C28H28N6O3. The maximum absolute atomic E-state index is 12.3. The molecule has 1 saturated heterocycles. The van der Waals surface area contributed by atoms with Crippen LogP contribution in [0.15, 0.2) is 49.1 Å². The number of rotatable bonds is 5. The van der Waals surface area contributed by atoms with Crippen molar-refractivity contribution in [2.45, 2.75) is 32.4 Å². The van der Waals surface area contributed by atoms with E-state index in [0.717, 1.165) is 23.2 Å². The second-order valence-corrected chi connectivity index (χ2v) is 9.42. The summed E-state index contributed by atoms with van der Waals surface area (Å²) in [5.41, 5.74) is 3.91. The van der Waals surface area contributed by atoms with Crippen LogP contribution in [0.25, 0.3) is 10.8 Å². The van der Waals surface area contributed by atoms with Crippen LogP contribution < -0.4 is 9.80 Å². The van der Waals surface area contributed by atoms with E-state index in [9.17, 15) is 20.0 Å². The van der Waals surface area contributed by atoms with Crippen molar-refractivity contribution in [3.63, 3.8) is 0 Å². The van der Waals surface area contributed by atoms with Crippen molar-refractivity contribution in [3.05, 3.63) is 71.7 Å². The summed E-state index contributed by atoms with van der Waals surface area (Å²) in [6.07, 6.45) is 2.09. The van der Waals surface area contributed by atoms with Crippen molar-refractivity contribution < 1.29 is 14.7 Å². The number of fused-ring (bicyclic) bond motifs is 2. The van der Waals surface area contributed by atoms with E-state index in [1.165, 1.54) is 17.0 Å². The van der Waals surface area contributed by atoms with Gasteiger partial charge in [-0.1, -0.05) is 36.9 Å². The molecule has 5 rings (SSSR count). The molecular weight excluding hydrogens is 468 g/mol. The van der Waals surface area contributed by atoms with E-state index in [1.54, 1.807) is 4.90 Å². The van der Waals surface area contributed by atoms with E-state index >= 15 is 0 Å². The number of carboxylic acid groups (broad SMARTS) is 1. The first-order valence-electron chi connectivity index (χ1n) is 12.3. The summed E-state index contributed by atoms with van der Waals surface area (Å²) in [6, 6.07) is 14.3. The minimum absolute atomic E-state index is 0.170. The highest BCUT2D eigenvalue weighted by Crippen LogP contribution is 2.35. The highest BCUT2D eigenvalue weighted by Gasteiger charge is 2.33. The molecule has 0 spiro atoms. The molecule has 37 heavy (non-hydrogen) atoms. The van der Waals surface area contributed by atoms with Crippen LogP contribution in [0.5, 0.6) is 0 Å². The predicted molar refractivity (Wildman–Crippen MR) is 141 cm³/mol. The highest BCUT2D eigenvalue weighted by molar-refractivity contribution is 5.97. The summed E-state index contributed by atoms with van der Waals surface area (Å²) in [7, 11) is 0. The molecule has 1 aromatic heterocycles. The molecule has 9 nitrogen and oxygen atoms in total. The number of anilines is 2. The van der Waals surface area contributed by atoms with Gasteiger partial charge in [0.2, 0.25) is 11.7 Å². The van der Waals surface area contributed by atoms with Crippen molar-refractivity contribution in [1.82, 2.24) is 14.9 Å². The zero-order valence-corrected chi connectivity index (χ0v) is 20.7. The molecule has 2 aliphatic rings. The Labute approximate surface area is 215 Å². The Balaban J connectivity index is 1.51. The number of aromatic nitrogens is 2. The average molecular weight is 497 g/mol. The van der Waals surface area contributed by atoms with Gasteiger partial charge in [-0.15, -0.1) is 0 Å². The van der Waals surface area contributed by atoms with Crippen LogP contribution in [-0.2, 0) is 17.8 Å². The number of carbonyl (C=O) groups is 2. The maximum Gasteiger partial charge on any atom is 0.374 e. The van der Waals surface area contributed by atoms with Crippen LogP contribution in [0, 0.1) is 18.3 Å². The zero-order valence-electron chi connectivity index (χ0n) is 20.7. The Morgan fingerprint density at radius 2 is 1.95 bits per heavy atom. The second-order valence-electron chi connectivity index (χ2n) is 9.42. The van der Waals surface area contributed by atoms with E-state index in [1.807, 2.05) is 17.0 Å². The molecule has 2 aromatic carbocycles. The van der Waals surface area contributed by atoms with Gasteiger partial charge in [-0.2, -0.15) is 5.26 Å². The van der Waals surface area contributed by atoms with E-state index in [4.69, 9.17) is 0 Å². The first-order valence-corrected chi connectivity index (χ1v) is 12.3. The first-order chi connectivity index (χ1) is 17.9. The minimum Gasteiger partial charge on any atom is -0.475 e. The first kappa shape index (κ1) is 24.3. The molecule has 0 aliphatic carbocycles. The zero-order chi connectivity index (χ0) is 26.1. The largest absolute Gasteiger partial charge is 0.475 e. The number of carboxylic acids is 1. The lowest BCUT2D eigenvalue weighted by Gasteiger charge is -2.42. The van der Waals surface area contributed by atoms with Crippen molar-refractivity contribution in [2.75, 3.05) is 36.0 Å². The van der Waals surface area contributed by atoms with Gasteiger partial charge >= 0.3 is 5.97 Å². The molecule has 1 fully saturated rings. The van der Waals surface area contributed by atoms with Gasteiger partial charge in [0, 0.05) is 42.8 Å². The van der Waals surface area contributed by atoms with Crippen molar-refractivity contribution in [1.29, 1.82) is 5.26 Å². The molecule has 0 bridgehead atoms. The SMILES string of the molecule is C=CC(=O)N1CCN(c2nc(C(=O)O)nc3c2CCN(c2cccc4cccc(C)c24)C3)C[C@@H]1CC#N. The third kappa shape index (κ3) is 4.47. The number of aryl methyl sites for hydroxylation is 1. The Bertz CT molecular complexity index is 1440. The third-order valence-corrected chi connectivity index (χ3v) is 7.23. The van der Waals surface area contributed by atoms with Gasteiger partial charge < -0.3 is 19.8 Å². The number of piperazine rings is 1. The Hall–Kier alpha value is -4.45. The topological polar surface area (TPSA) is 114 Å². The van der Waals surface area contributed by atoms with E-state index in [2.05, 4.69) is 58.7 Å². The monoisotopic (exact) mass is 496 g/mol. The van der Waals surface area contributed by atoms with Crippen LogP contribution in [-0.4, -0.2) is 64.1 Å². The molecule has 9 heteroatoms. The van der Waals surface area contributed by atoms with Gasteiger partial charge in [-0.3, -0.25) is 4.79 Å². The molecule has 3 heterocycles. The summed E-state index contributed by atoms with van der Waals surface area (Å²) in [4.78, 5) is 39.1. The lowest BCUT2D eigenvalue weighted by Crippen LogP contribution is -2.55. The molecule has 3 aromatic rings. The molecule has 2 aliphatic heterocycles. The summed E-state index contributed by atoms with van der Waals surface area (Å²) >= 11 is 0. The van der Waals surface area contributed by atoms with Gasteiger partial charge in [0.15, 0.2) is 0 Å². The van der Waals surface area contributed by atoms with Crippen LogP contribution in [0.2, 0.25) is 0 Å². The number of aromatic carboxylic acids is 1. The number of nitrogens with zero attached hydrogens (tertiary/aromatic N) is 6. The number of benzene rings is 2. The fourth-order valence-electron chi connectivity index (χ4n) is 5.48. The predicted octanol–water partition coefficient (Wildman–Crippen LogP) is 3.32. The Kier molecular flexibility index (Phi) is 6.49. The van der Waals surface area contributed by atoms with E-state index in [-0.39, 0.29) is 24.2 Å². The normalized spacial score (nSPS) is 17.3. The standard InChI is InChI=1S/C28H28N6O3/c1-3-24(35)34-15-14-33(16-20(34)10-12-29)27-21-11-13-32(17-22(21)30-26(31-27)28(36)37)23-9-5-8-19-7-4-6-18(2)25(19)23/h3-9,20H,1,10-11,13-17H2,2H3,(H,36,37)/t20-/m0/s1. The number of amides is 1. The molecule has 1 atom stereocenters. The van der Waals surface area contributed by atoms with Gasteiger partial charge in [0.1, 0.15) is 5.82 Å². The molecule has 1 amide bonds. The quantitative estimate of drug-likeness (QED) is 0.535. The van der Waals surface area contributed by atoms with Gasteiger partial charge in [-0.25, -0.2) is 14.8 Å². The van der Waals surface area contributed by atoms with Gasteiger partial charge in [0.25, 0.3) is 0 Å². The fraction of sp³-hybridized carbons (Fsp3) is 0.321. The maximum atomic E-state index is 12.3. The Morgan fingerprint density at radius 1 is 1.16 bits per heavy atom. The number of hydrogen-bond donors (Lipinski definition) is 1. The summed E-state index contributed by atoms with van der Waals surface area (Å²) in [5.74, 6) is -1.05. The molecule has 188 valence electrons. The smallest absolute Gasteiger partial charge is 0.374 e. The number of carbonyl (C=O) groups excluding carboxylic acids is 1. The molecule has 0 saturated carbocycles. The lowest BCUT2D eigenvalue weighted by atomic mass is 9.99. The average Bonchev–Trinajstić information content (AvgIpc) is 2.91. The number of nitriles is 1. The summed E-state index contributed by atoms with van der Waals surface area (Å²) in [6.45, 7) is 8.15. The van der Waals surface area contributed by atoms with Crippen LogP contribution in [0.4, 0.5) is 11.5 Å². The number of hydrogen-bond acceptors (Lipinski definition) is 7.